The highest BCUT2D eigenvalue weighted by Gasteiger charge is 2.27. The minimum atomic E-state index is -0.885. The summed E-state index contributed by atoms with van der Waals surface area (Å²) in [6, 6.07) is 0. The molecule has 1 amide bonds. The summed E-state index contributed by atoms with van der Waals surface area (Å²) in [4.78, 5) is 24.3. The van der Waals surface area contributed by atoms with Gasteiger partial charge in [0.1, 0.15) is 0 Å². The van der Waals surface area contributed by atoms with Gasteiger partial charge in [-0.3, -0.25) is 4.79 Å². The van der Waals surface area contributed by atoms with Gasteiger partial charge in [-0.15, -0.1) is 0 Å². The Balaban J connectivity index is 2.52. The van der Waals surface area contributed by atoms with Crippen LogP contribution in [0.25, 0.3) is 0 Å². The van der Waals surface area contributed by atoms with E-state index in [0.29, 0.717) is 30.9 Å². The molecule has 0 aromatic carbocycles. The van der Waals surface area contributed by atoms with Crippen LogP contribution < -0.4 is 0 Å². The molecule has 0 bridgehead atoms. The number of rotatable bonds is 6. The maximum atomic E-state index is 11.7. The van der Waals surface area contributed by atoms with Crippen LogP contribution in [0.1, 0.15) is 39.5 Å². The molecule has 1 N–H and O–H groups in total. The fraction of sp³-hybridized carbons (Fsp3) is 0.692. The van der Waals surface area contributed by atoms with Gasteiger partial charge >= 0.3 is 5.97 Å². The number of aliphatic carboxylic acids is 1. The summed E-state index contributed by atoms with van der Waals surface area (Å²) in [5.74, 6) is -0.277. The van der Waals surface area contributed by atoms with Crippen LogP contribution in [-0.4, -0.2) is 35.0 Å². The van der Waals surface area contributed by atoms with Gasteiger partial charge < -0.3 is 10.0 Å². The predicted octanol–water partition coefficient (Wildman–Crippen LogP) is 2.06. The number of hydrogen-bond acceptors (Lipinski definition) is 2. The van der Waals surface area contributed by atoms with Gasteiger partial charge in [0.25, 0.3) is 0 Å². The zero-order valence-electron chi connectivity index (χ0n) is 10.6. The van der Waals surface area contributed by atoms with Crippen molar-refractivity contribution < 1.29 is 14.7 Å². The van der Waals surface area contributed by atoms with E-state index in [-0.39, 0.29) is 5.91 Å². The Labute approximate surface area is 102 Å². The molecular formula is C13H21NO3. The number of likely N-dealkylation sites (tertiary alicyclic amines) is 1. The van der Waals surface area contributed by atoms with E-state index in [0.717, 1.165) is 19.4 Å². The third kappa shape index (κ3) is 3.88. The minimum Gasteiger partial charge on any atom is -0.478 e. The first-order valence-corrected chi connectivity index (χ1v) is 6.28. The van der Waals surface area contributed by atoms with E-state index < -0.39 is 5.97 Å². The largest absolute Gasteiger partial charge is 0.478 e. The van der Waals surface area contributed by atoms with Crippen LogP contribution >= 0.6 is 0 Å². The van der Waals surface area contributed by atoms with Crippen LogP contribution in [0.2, 0.25) is 0 Å². The molecule has 0 aromatic heterocycles. The Kier molecular flexibility index (Phi) is 5.19. The molecule has 0 aliphatic carbocycles. The molecule has 1 saturated heterocycles. The first-order valence-electron chi connectivity index (χ1n) is 6.28. The van der Waals surface area contributed by atoms with Crippen LogP contribution in [0.3, 0.4) is 0 Å². The molecule has 1 fully saturated rings. The molecule has 0 aromatic rings. The number of carboxylic acids is 1. The fourth-order valence-electron chi connectivity index (χ4n) is 2.24. The van der Waals surface area contributed by atoms with Crippen molar-refractivity contribution in [1.82, 2.24) is 4.90 Å². The van der Waals surface area contributed by atoms with Gasteiger partial charge in [-0.2, -0.15) is 0 Å². The second kappa shape index (κ2) is 6.42. The SMILES string of the molecule is CCCC1CC(=O)N(C/C=C(/CC)C(=O)O)C1. The molecule has 1 unspecified atom stereocenters. The summed E-state index contributed by atoms with van der Waals surface area (Å²) in [6.45, 7) is 5.15. The topological polar surface area (TPSA) is 57.6 Å². The number of hydrogen-bond donors (Lipinski definition) is 1. The predicted molar refractivity (Wildman–Crippen MR) is 65.6 cm³/mol. The molecule has 17 heavy (non-hydrogen) atoms. The van der Waals surface area contributed by atoms with Crippen molar-refractivity contribution in [2.24, 2.45) is 5.92 Å². The zero-order chi connectivity index (χ0) is 12.8. The average Bonchev–Trinajstić information content (AvgIpc) is 2.60. The normalized spacial score (nSPS) is 21.1. The summed E-state index contributed by atoms with van der Waals surface area (Å²) in [6.07, 6.45) is 4.95. The maximum Gasteiger partial charge on any atom is 0.331 e. The first-order chi connectivity index (χ1) is 8.08. The van der Waals surface area contributed by atoms with Gasteiger partial charge in [-0.25, -0.2) is 4.79 Å². The smallest absolute Gasteiger partial charge is 0.331 e. The highest BCUT2D eigenvalue weighted by atomic mass is 16.4. The molecule has 1 aliphatic heterocycles. The Morgan fingerprint density at radius 2 is 2.24 bits per heavy atom. The van der Waals surface area contributed by atoms with Gasteiger partial charge in [0.05, 0.1) is 0 Å². The van der Waals surface area contributed by atoms with E-state index in [4.69, 9.17) is 5.11 Å². The molecule has 0 spiro atoms. The molecule has 0 saturated carbocycles. The van der Waals surface area contributed by atoms with Crippen LogP contribution in [0.5, 0.6) is 0 Å². The van der Waals surface area contributed by atoms with E-state index in [1.165, 1.54) is 0 Å². The Hall–Kier alpha value is -1.32. The highest BCUT2D eigenvalue weighted by Crippen LogP contribution is 2.22. The Bertz CT molecular complexity index is 323. The zero-order valence-corrected chi connectivity index (χ0v) is 10.6. The molecule has 4 nitrogen and oxygen atoms in total. The lowest BCUT2D eigenvalue weighted by Gasteiger charge is -2.14. The molecule has 1 heterocycles. The van der Waals surface area contributed by atoms with Crippen molar-refractivity contribution >= 4 is 11.9 Å². The number of carbonyl (C=O) groups excluding carboxylic acids is 1. The van der Waals surface area contributed by atoms with E-state index >= 15 is 0 Å². The summed E-state index contributed by atoms with van der Waals surface area (Å²) >= 11 is 0. The third-order valence-corrected chi connectivity index (χ3v) is 3.21. The molecule has 96 valence electrons. The summed E-state index contributed by atoms with van der Waals surface area (Å²) in [7, 11) is 0. The van der Waals surface area contributed by atoms with Gasteiger partial charge in [-0.05, 0) is 18.8 Å². The first kappa shape index (κ1) is 13.7. The lowest BCUT2D eigenvalue weighted by molar-refractivity contribution is -0.133. The van der Waals surface area contributed by atoms with E-state index in [1.54, 1.807) is 11.0 Å². The average molecular weight is 239 g/mol. The number of carboxylic acid groups (broad SMARTS) is 1. The third-order valence-electron chi connectivity index (χ3n) is 3.21. The second-order valence-electron chi connectivity index (χ2n) is 4.55. The lowest BCUT2D eigenvalue weighted by Crippen LogP contribution is -2.25. The minimum absolute atomic E-state index is 0.153. The lowest BCUT2D eigenvalue weighted by atomic mass is 10.0. The number of nitrogens with zero attached hydrogens (tertiary/aromatic N) is 1. The Morgan fingerprint density at radius 1 is 1.53 bits per heavy atom. The van der Waals surface area contributed by atoms with E-state index in [1.807, 2.05) is 6.92 Å². The van der Waals surface area contributed by atoms with Crippen LogP contribution in [0.15, 0.2) is 11.6 Å². The molecule has 1 rings (SSSR count). The van der Waals surface area contributed by atoms with Crippen LogP contribution in [0, 0.1) is 5.92 Å². The highest BCUT2D eigenvalue weighted by molar-refractivity contribution is 5.86. The van der Waals surface area contributed by atoms with Crippen molar-refractivity contribution in [3.8, 4) is 0 Å². The monoisotopic (exact) mass is 239 g/mol. The van der Waals surface area contributed by atoms with E-state index in [2.05, 4.69) is 6.92 Å². The standard InChI is InChI=1S/C13H21NO3/c1-3-5-10-8-12(15)14(9-10)7-6-11(4-2)13(16)17/h6,10H,3-5,7-9H2,1-2H3,(H,16,17)/b11-6-. The van der Waals surface area contributed by atoms with Gasteiger partial charge in [-0.1, -0.05) is 26.3 Å². The van der Waals surface area contributed by atoms with Crippen molar-refractivity contribution in [2.75, 3.05) is 13.1 Å². The molecule has 4 heteroatoms. The summed E-state index contributed by atoms with van der Waals surface area (Å²) < 4.78 is 0. The molecule has 1 atom stereocenters. The fourth-order valence-corrected chi connectivity index (χ4v) is 2.24. The van der Waals surface area contributed by atoms with Crippen molar-refractivity contribution in [1.29, 1.82) is 0 Å². The summed E-state index contributed by atoms with van der Waals surface area (Å²) in [5.41, 5.74) is 0.386. The van der Waals surface area contributed by atoms with Crippen molar-refractivity contribution in [2.45, 2.75) is 39.5 Å². The van der Waals surface area contributed by atoms with Gasteiger partial charge in [0.2, 0.25) is 5.91 Å². The van der Waals surface area contributed by atoms with Gasteiger partial charge in [0, 0.05) is 25.1 Å². The van der Waals surface area contributed by atoms with Crippen LogP contribution in [0.4, 0.5) is 0 Å². The van der Waals surface area contributed by atoms with Crippen molar-refractivity contribution in [3.63, 3.8) is 0 Å². The van der Waals surface area contributed by atoms with Crippen molar-refractivity contribution in [3.05, 3.63) is 11.6 Å². The molecular weight excluding hydrogens is 218 g/mol. The number of carbonyl (C=O) groups is 2. The van der Waals surface area contributed by atoms with Crippen LogP contribution in [-0.2, 0) is 9.59 Å². The Morgan fingerprint density at radius 3 is 2.76 bits per heavy atom. The second-order valence-corrected chi connectivity index (χ2v) is 4.55. The maximum absolute atomic E-state index is 11.7. The molecule has 0 radical (unpaired) electrons. The molecule has 1 aliphatic rings. The summed E-state index contributed by atoms with van der Waals surface area (Å²) in [5, 5.41) is 8.88. The van der Waals surface area contributed by atoms with Gasteiger partial charge in [0.15, 0.2) is 0 Å². The van der Waals surface area contributed by atoms with E-state index in [9.17, 15) is 9.59 Å². The number of amides is 1. The quantitative estimate of drug-likeness (QED) is 0.722.